The van der Waals surface area contributed by atoms with Gasteiger partial charge in [0.15, 0.2) is 0 Å². The van der Waals surface area contributed by atoms with Gasteiger partial charge in [-0.05, 0) is 31.0 Å². The molecule has 1 heterocycles. The number of halogens is 1. The maximum Gasteiger partial charge on any atom is 0.141 e. The molecular formula is C14H15FN2. The first-order valence-electron chi connectivity index (χ1n) is 6.17. The molecule has 1 saturated heterocycles. The minimum absolute atomic E-state index is 0.148. The van der Waals surface area contributed by atoms with E-state index in [4.69, 9.17) is 5.26 Å². The second-order valence-corrected chi connectivity index (χ2v) is 5.34. The van der Waals surface area contributed by atoms with Gasteiger partial charge in [-0.25, -0.2) is 4.39 Å². The molecule has 2 aliphatic rings. The number of hydrogen-bond acceptors (Lipinski definition) is 2. The number of benzene rings is 1. The van der Waals surface area contributed by atoms with Crippen molar-refractivity contribution in [1.82, 2.24) is 0 Å². The molecule has 1 aliphatic heterocycles. The van der Waals surface area contributed by atoms with Crippen LogP contribution in [0.2, 0.25) is 0 Å². The van der Waals surface area contributed by atoms with Gasteiger partial charge in [-0.15, -0.1) is 0 Å². The Balaban J connectivity index is 1.77. The van der Waals surface area contributed by atoms with Crippen molar-refractivity contribution >= 4 is 5.69 Å². The molecule has 1 aromatic carbocycles. The van der Waals surface area contributed by atoms with E-state index in [2.05, 4.69) is 4.90 Å². The molecule has 1 aliphatic carbocycles. The highest BCUT2D eigenvalue weighted by atomic mass is 19.1. The van der Waals surface area contributed by atoms with Crippen LogP contribution in [0.3, 0.4) is 0 Å². The van der Waals surface area contributed by atoms with Crippen LogP contribution in [-0.4, -0.2) is 13.1 Å². The maximum absolute atomic E-state index is 13.2. The zero-order valence-electron chi connectivity index (χ0n) is 9.75. The Hall–Kier alpha value is -1.56. The molecule has 2 fully saturated rings. The predicted octanol–water partition coefficient (Wildman–Crippen LogP) is 3.08. The first-order chi connectivity index (χ1) is 8.22. The monoisotopic (exact) mass is 230 g/mol. The van der Waals surface area contributed by atoms with Crippen LogP contribution in [0, 0.1) is 22.6 Å². The van der Waals surface area contributed by atoms with E-state index in [0.29, 0.717) is 5.41 Å². The van der Waals surface area contributed by atoms with Crippen LogP contribution in [-0.2, 0) is 0 Å². The van der Waals surface area contributed by atoms with E-state index in [-0.39, 0.29) is 5.56 Å². The fourth-order valence-electron chi connectivity index (χ4n) is 3.18. The maximum atomic E-state index is 13.2. The summed E-state index contributed by atoms with van der Waals surface area (Å²) < 4.78 is 13.2. The third-order valence-electron chi connectivity index (χ3n) is 4.15. The van der Waals surface area contributed by atoms with Crippen molar-refractivity contribution in [1.29, 1.82) is 5.26 Å². The molecular weight excluding hydrogens is 215 g/mol. The Labute approximate surface area is 101 Å². The summed E-state index contributed by atoms with van der Waals surface area (Å²) in [6.07, 6.45) is 5.35. The lowest BCUT2D eigenvalue weighted by atomic mass is 9.78. The summed E-state index contributed by atoms with van der Waals surface area (Å²) in [5.41, 5.74) is 1.66. The fourth-order valence-corrected chi connectivity index (χ4v) is 3.18. The zero-order chi connectivity index (χ0) is 11.9. The number of anilines is 1. The average Bonchev–Trinajstić information content (AvgIpc) is 2.77. The molecule has 1 aromatic rings. The van der Waals surface area contributed by atoms with Gasteiger partial charge in [0.1, 0.15) is 11.9 Å². The van der Waals surface area contributed by atoms with Gasteiger partial charge in [-0.1, -0.05) is 12.8 Å². The second-order valence-electron chi connectivity index (χ2n) is 5.34. The van der Waals surface area contributed by atoms with Gasteiger partial charge in [0.25, 0.3) is 0 Å². The third kappa shape index (κ3) is 1.68. The van der Waals surface area contributed by atoms with Crippen molar-refractivity contribution in [3.63, 3.8) is 0 Å². The molecule has 0 atom stereocenters. The Morgan fingerprint density at radius 3 is 2.59 bits per heavy atom. The van der Waals surface area contributed by atoms with Gasteiger partial charge in [-0.2, -0.15) is 5.26 Å². The molecule has 17 heavy (non-hydrogen) atoms. The number of nitriles is 1. The SMILES string of the molecule is N#Cc1cc(N2CC3(CCCC3)C2)ccc1F. The van der Waals surface area contributed by atoms with Crippen LogP contribution in [0.15, 0.2) is 18.2 Å². The topological polar surface area (TPSA) is 27.0 Å². The van der Waals surface area contributed by atoms with E-state index in [0.717, 1.165) is 18.8 Å². The van der Waals surface area contributed by atoms with Gasteiger partial charge < -0.3 is 4.90 Å². The predicted molar refractivity (Wildman–Crippen MR) is 64.2 cm³/mol. The molecule has 0 N–H and O–H groups in total. The molecule has 88 valence electrons. The minimum atomic E-state index is -0.424. The van der Waals surface area contributed by atoms with Crippen LogP contribution < -0.4 is 4.90 Å². The Kier molecular flexibility index (Phi) is 2.32. The lowest BCUT2D eigenvalue weighted by Gasteiger charge is -2.49. The van der Waals surface area contributed by atoms with Crippen molar-refractivity contribution in [2.45, 2.75) is 25.7 Å². The van der Waals surface area contributed by atoms with E-state index >= 15 is 0 Å². The molecule has 0 amide bonds. The first kappa shape index (κ1) is 10.6. The van der Waals surface area contributed by atoms with Crippen LogP contribution in [0.5, 0.6) is 0 Å². The van der Waals surface area contributed by atoms with Crippen molar-refractivity contribution < 1.29 is 4.39 Å². The summed E-state index contributed by atoms with van der Waals surface area (Å²) in [6.45, 7) is 2.15. The lowest BCUT2D eigenvalue weighted by molar-refractivity contribution is 0.222. The van der Waals surface area contributed by atoms with Crippen molar-refractivity contribution in [3.05, 3.63) is 29.6 Å². The summed E-state index contributed by atoms with van der Waals surface area (Å²) in [4.78, 5) is 2.26. The van der Waals surface area contributed by atoms with Crippen LogP contribution in [0.1, 0.15) is 31.2 Å². The highest BCUT2D eigenvalue weighted by Crippen LogP contribution is 2.46. The molecule has 1 saturated carbocycles. The molecule has 1 spiro atoms. The first-order valence-corrected chi connectivity index (χ1v) is 6.17. The average molecular weight is 230 g/mol. The molecule has 3 rings (SSSR count). The van der Waals surface area contributed by atoms with E-state index in [1.54, 1.807) is 12.1 Å². The highest BCUT2D eigenvalue weighted by Gasteiger charge is 2.44. The van der Waals surface area contributed by atoms with Gasteiger partial charge in [0, 0.05) is 24.2 Å². The van der Waals surface area contributed by atoms with Crippen molar-refractivity contribution in [3.8, 4) is 6.07 Å². The van der Waals surface area contributed by atoms with Crippen molar-refractivity contribution in [2.75, 3.05) is 18.0 Å². The number of hydrogen-bond donors (Lipinski definition) is 0. The molecule has 0 unspecified atom stereocenters. The quantitative estimate of drug-likeness (QED) is 0.741. The number of rotatable bonds is 1. The van der Waals surface area contributed by atoms with Gasteiger partial charge >= 0.3 is 0 Å². The molecule has 2 nitrogen and oxygen atoms in total. The Bertz CT molecular complexity index is 475. The standard InChI is InChI=1S/C14H15FN2/c15-13-4-3-12(7-11(13)8-16)17-9-14(10-17)5-1-2-6-14/h3-4,7H,1-2,5-6,9-10H2. The molecule has 0 bridgehead atoms. The summed E-state index contributed by atoms with van der Waals surface area (Å²) >= 11 is 0. The lowest BCUT2D eigenvalue weighted by Crippen LogP contribution is -2.55. The molecule has 0 aromatic heterocycles. The highest BCUT2D eigenvalue weighted by molar-refractivity contribution is 5.54. The third-order valence-corrected chi connectivity index (χ3v) is 4.15. The largest absolute Gasteiger partial charge is 0.370 e. The summed E-state index contributed by atoms with van der Waals surface area (Å²) in [5.74, 6) is -0.424. The smallest absolute Gasteiger partial charge is 0.141 e. The van der Waals surface area contributed by atoms with Crippen LogP contribution >= 0.6 is 0 Å². The zero-order valence-corrected chi connectivity index (χ0v) is 9.75. The van der Waals surface area contributed by atoms with E-state index in [9.17, 15) is 4.39 Å². The van der Waals surface area contributed by atoms with Gasteiger partial charge in [0.2, 0.25) is 0 Å². The Morgan fingerprint density at radius 1 is 1.24 bits per heavy atom. The van der Waals surface area contributed by atoms with Crippen LogP contribution in [0.4, 0.5) is 10.1 Å². The molecule has 0 radical (unpaired) electrons. The van der Waals surface area contributed by atoms with Gasteiger partial charge in [0.05, 0.1) is 5.56 Å². The van der Waals surface area contributed by atoms with E-state index in [1.807, 2.05) is 6.07 Å². The van der Waals surface area contributed by atoms with Crippen molar-refractivity contribution in [2.24, 2.45) is 5.41 Å². The second kappa shape index (κ2) is 3.73. The van der Waals surface area contributed by atoms with Crippen LogP contribution in [0.25, 0.3) is 0 Å². The fraction of sp³-hybridized carbons (Fsp3) is 0.500. The minimum Gasteiger partial charge on any atom is -0.370 e. The molecule has 3 heteroatoms. The summed E-state index contributed by atoms with van der Waals surface area (Å²) in [6, 6.07) is 6.73. The van der Waals surface area contributed by atoms with Gasteiger partial charge in [-0.3, -0.25) is 0 Å². The summed E-state index contributed by atoms with van der Waals surface area (Å²) in [5, 5.41) is 8.81. The van der Waals surface area contributed by atoms with E-state index in [1.165, 1.54) is 31.7 Å². The normalized spacial score (nSPS) is 21.3. The number of nitrogens with zero attached hydrogens (tertiary/aromatic N) is 2. The Morgan fingerprint density at radius 2 is 1.94 bits per heavy atom. The summed E-state index contributed by atoms with van der Waals surface area (Å²) in [7, 11) is 0. The van der Waals surface area contributed by atoms with E-state index < -0.39 is 5.82 Å².